The Bertz CT molecular complexity index is 1340. The summed E-state index contributed by atoms with van der Waals surface area (Å²) in [5.74, 6) is -3.45. The van der Waals surface area contributed by atoms with Gasteiger partial charge in [-0.1, -0.05) is 42.5 Å². The molecule has 1 fully saturated rings. The average molecular weight is 625 g/mol. The summed E-state index contributed by atoms with van der Waals surface area (Å²) in [6.45, 7) is -0.572. The van der Waals surface area contributed by atoms with Crippen LogP contribution in [-0.2, 0) is 36.8 Å². The predicted octanol–water partition coefficient (Wildman–Crippen LogP) is -1.96. The molecular weight excluding hydrogens is 584 g/mol. The normalized spacial score (nSPS) is 21.3. The first kappa shape index (κ1) is 34.3. The van der Waals surface area contributed by atoms with Gasteiger partial charge in [0, 0.05) is 19.5 Å². The minimum atomic E-state index is -1.25. The number of nitrogens with two attached hydrogens (primary N) is 2. The fourth-order valence-corrected chi connectivity index (χ4v) is 4.55. The SMILES string of the molecule is NC(=O)C1CNC(=O)NCCCC[C@@H](NC(=O)[C@@H](N)Cc2ccc(O)cc2)C(=O)NCC(=O)N[C@@H](Cc2ccccc2)C(=O)N1. The molecule has 0 radical (unpaired) electrons. The third-order valence-electron chi connectivity index (χ3n) is 7.05. The van der Waals surface area contributed by atoms with Crippen LogP contribution in [-0.4, -0.2) is 84.5 Å². The van der Waals surface area contributed by atoms with Gasteiger partial charge in [-0.2, -0.15) is 0 Å². The van der Waals surface area contributed by atoms with Gasteiger partial charge in [0.1, 0.15) is 23.9 Å². The third-order valence-corrected chi connectivity index (χ3v) is 7.05. The van der Waals surface area contributed by atoms with Gasteiger partial charge in [0.2, 0.25) is 29.5 Å². The Morgan fingerprint density at radius 3 is 2.29 bits per heavy atom. The molecule has 4 atom stereocenters. The number of benzene rings is 2. The highest BCUT2D eigenvalue weighted by atomic mass is 16.3. The van der Waals surface area contributed by atoms with Gasteiger partial charge in [0.05, 0.1) is 12.6 Å². The number of urea groups is 1. The van der Waals surface area contributed by atoms with Gasteiger partial charge in [-0.3, -0.25) is 24.0 Å². The molecule has 1 heterocycles. The zero-order valence-electron chi connectivity index (χ0n) is 24.7. The van der Waals surface area contributed by atoms with Crippen LogP contribution in [0.25, 0.3) is 0 Å². The molecule has 1 unspecified atom stereocenters. The fourth-order valence-electron chi connectivity index (χ4n) is 4.55. The van der Waals surface area contributed by atoms with Crippen molar-refractivity contribution in [2.45, 2.75) is 56.3 Å². The van der Waals surface area contributed by atoms with Crippen LogP contribution in [0.5, 0.6) is 5.75 Å². The molecule has 3 rings (SSSR count). The van der Waals surface area contributed by atoms with Gasteiger partial charge in [-0.15, -0.1) is 0 Å². The van der Waals surface area contributed by atoms with Crippen LogP contribution in [0.3, 0.4) is 0 Å². The molecular formula is C30H40N8O7. The Morgan fingerprint density at radius 2 is 1.60 bits per heavy atom. The molecule has 1 saturated heterocycles. The predicted molar refractivity (Wildman–Crippen MR) is 163 cm³/mol. The first-order chi connectivity index (χ1) is 21.5. The number of carbonyl (C=O) groups excluding carboxylic acids is 6. The van der Waals surface area contributed by atoms with Crippen LogP contribution in [0.1, 0.15) is 30.4 Å². The van der Waals surface area contributed by atoms with E-state index in [0.29, 0.717) is 24.0 Å². The molecule has 15 nitrogen and oxygen atoms in total. The molecule has 0 saturated carbocycles. The first-order valence-electron chi connectivity index (χ1n) is 14.6. The fraction of sp³-hybridized carbons (Fsp3) is 0.400. The molecule has 45 heavy (non-hydrogen) atoms. The van der Waals surface area contributed by atoms with Crippen molar-refractivity contribution in [3.8, 4) is 5.75 Å². The van der Waals surface area contributed by atoms with E-state index in [9.17, 15) is 33.9 Å². The minimum absolute atomic E-state index is 0.0589. The number of carbonyl (C=O) groups is 6. The van der Waals surface area contributed by atoms with Crippen LogP contribution in [0, 0.1) is 0 Å². The number of aromatic hydroxyl groups is 1. The van der Waals surface area contributed by atoms with Crippen molar-refractivity contribution in [3.05, 3.63) is 65.7 Å². The largest absolute Gasteiger partial charge is 0.508 e. The Kier molecular flexibility index (Phi) is 13.1. The lowest BCUT2D eigenvalue weighted by Crippen LogP contribution is -2.58. The quantitative estimate of drug-likeness (QED) is 0.167. The summed E-state index contributed by atoms with van der Waals surface area (Å²) in [6, 6.07) is 9.99. The summed E-state index contributed by atoms with van der Waals surface area (Å²) in [5, 5.41) is 24.8. The van der Waals surface area contributed by atoms with E-state index in [0.717, 1.165) is 0 Å². The number of nitrogens with one attached hydrogen (secondary N) is 6. The smallest absolute Gasteiger partial charge is 0.314 e. The monoisotopic (exact) mass is 624 g/mol. The lowest BCUT2D eigenvalue weighted by molar-refractivity contribution is -0.132. The van der Waals surface area contributed by atoms with E-state index in [1.165, 1.54) is 12.1 Å². The van der Waals surface area contributed by atoms with Gasteiger partial charge in [-0.05, 0) is 48.9 Å². The van der Waals surface area contributed by atoms with Crippen molar-refractivity contribution in [2.75, 3.05) is 19.6 Å². The molecule has 0 aliphatic carbocycles. The minimum Gasteiger partial charge on any atom is -0.508 e. The lowest BCUT2D eigenvalue weighted by atomic mass is 10.0. The van der Waals surface area contributed by atoms with E-state index < -0.39 is 66.3 Å². The molecule has 1 aliphatic rings. The van der Waals surface area contributed by atoms with E-state index in [1.54, 1.807) is 42.5 Å². The van der Waals surface area contributed by atoms with Crippen molar-refractivity contribution in [1.82, 2.24) is 31.9 Å². The number of primary amides is 1. The maximum absolute atomic E-state index is 13.2. The molecule has 0 spiro atoms. The van der Waals surface area contributed by atoms with E-state index in [-0.39, 0.29) is 38.1 Å². The summed E-state index contributed by atoms with van der Waals surface area (Å²) >= 11 is 0. The summed E-state index contributed by atoms with van der Waals surface area (Å²) in [5.41, 5.74) is 12.9. The Hall–Kier alpha value is -5.18. The zero-order valence-corrected chi connectivity index (χ0v) is 24.7. The highest BCUT2D eigenvalue weighted by Crippen LogP contribution is 2.11. The van der Waals surface area contributed by atoms with E-state index in [2.05, 4.69) is 31.9 Å². The third kappa shape index (κ3) is 11.8. The van der Waals surface area contributed by atoms with Gasteiger partial charge >= 0.3 is 6.03 Å². The van der Waals surface area contributed by atoms with Crippen molar-refractivity contribution in [3.63, 3.8) is 0 Å². The topological polar surface area (TPSA) is 247 Å². The molecule has 242 valence electrons. The van der Waals surface area contributed by atoms with Crippen LogP contribution in [0.15, 0.2) is 54.6 Å². The van der Waals surface area contributed by atoms with Crippen molar-refractivity contribution < 1.29 is 33.9 Å². The summed E-state index contributed by atoms with van der Waals surface area (Å²) in [6.07, 6.45) is 1.24. The second-order valence-electron chi connectivity index (χ2n) is 10.7. The average Bonchev–Trinajstić information content (AvgIpc) is 3.01. The summed E-state index contributed by atoms with van der Waals surface area (Å²) < 4.78 is 0. The number of rotatable bonds is 7. The standard InChI is InChI=1S/C30H40N8O7/c31-21(14-19-9-11-20(39)12-10-19)27(42)37-22-8-4-5-13-33-30(45)35-16-24(26(32)41)38-29(44)23(15-18-6-2-1-3-7-18)36-25(40)17-34-28(22)43/h1-3,6-7,9-12,21-24,39H,4-5,8,13-17,31H2,(H2,32,41)(H,34,43)(H,36,40)(H,37,42)(H,38,44)(H2,33,35,45)/t21-,22+,23-,24?/m0/s1. The van der Waals surface area contributed by atoms with E-state index in [4.69, 9.17) is 11.5 Å². The van der Waals surface area contributed by atoms with Crippen molar-refractivity contribution in [2.24, 2.45) is 11.5 Å². The second-order valence-corrected chi connectivity index (χ2v) is 10.7. The number of hydrogen-bond donors (Lipinski definition) is 9. The number of hydrogen-bond acceptors (Lipinski definition) is 8. The molecule has 2 aromatic rings. The number of phenols is 1. The zero-order chi connectivity index (χ0) is 32.8. The Balaban J connectivity index is 1.73. The van der Waals surface area contributed by atoms with E-state index >= 15 is 0 Å². The Morgan fingerprint density at radius 1 is 0.889 bits per heavy atom. The van der Waals surface area contributed by atoms with Crippen LogP contribution in [0.2, 0.25) is 0 Å². The number of amides is 7. The maximum Gasteiger partial charge on any atom is 0.314 e. The lowest BCUT2D eigenvalue weighted by Gasteiger charge is -2.24. The van der Waals surface area contributed by atoms with Gasteiger partial charge < -0.3 is 48.5 Å². The molecule has 2 aromatic carbocycles. The molecule has 15 heteroatoms. The molecule has 11 N–H and O–H groups in total. The van der Waals surface area contributed by atoms with Crippen molar-refractivity contribution >= 4 is 35.6 Å². The molecule has 7 amide bonds. The number of phenolic OH excluding ortho intramolecular Hbond substituents is 1. The maximum atomic E-state index is 13.2. The first-order valence-corrected chi connectivity index (χ1v) is 14.6. The summed E-state index contributed by atoms with van der Waals surface area (Å²) in [4.78, 5) is 76.4. The highest BCUT2D eigenvalue weighted by molar-refractivity contribution is 5.94. The second kappa shape index (κ2) is 17.2. The van der Waals surface area contributed by atoms with Gasteiger partial charge in [0.15, 0.2) is 0 Å². The van der Waals surface area contributed by atoms with Gasteiger partial charge in [0.25, 0.3) is 0 Å². The van der Waals surface area contributed by atoms with E-state index in [1.807, 2.05) is 0 Å². The molecule has 0 aromatic heterocycles. The van der Waals surface area contributed by atoms with Crippen LogP contribution < -0.4 is 43.4 Å². The van der Waals surface area contributed by atoms with Gasteiger partial charge in [-0.25, -0.2) is 4.79 Å². The molecule has 0 bridgehead atoms. The Labute approximate surface area is 260 Å². The highest BCUT2D eigenvalue weighted by Gasteiger charge is 2.28. The summed E-state index contributed by atoms with van der Waals surface area (Å²) in [7, 11) is 0. The molecule has 1 aliphatic heterocycles. The van der Waals surface area contributed by atoms with Crippen LogP contribution >= 0.6 is 0 Å². The van der Waals surface area contributed by atoms with Crippen LogP contribution in [0.4, 0.5) is 4.79 Å². The van der Waals surface area contributed by atoms with Crippen molar-refractivity contribution in [1.29, 1.82) is 0 Å².